The lowest BCUT2D eigenvalue weighted by atomic mass is 10.00. The third-order valence-corrected chi connectivity index (χ3v) is 4.63. The van der Waals surface area contributed by atoms with Crippen molar-refractivity contribution in [2.75, 3.05) is 19.0 Å². The molecule has 5 nitrogen and oxygen atoms in total. The van der Waals surface area contributed by atoms with Gasteiger partial charge in [0.1, 0.15) is 0 Å². The number of anilines is 1. The van der Waals surface area contributed by atoms with Crippen molar-refractivity contribution in [2.24, 2.45) is 0 Å². The minimum Gasteiger partial charge on any atom is -0.376 e. The highest BCUT2D eigenvalue weighted by Crippen LogP contribution is 2.32. The molecule has 0 fully saturated rings. The van der Waals surface area contributed by atoms with Crippen molar-refractivity contribution < 1.29 is 14.3 Å². The number of hydrogen-bond donors (Lipinski definition) is 2. The van der Waals surface area contributed by atoms with Gasteiger partial charge in [-0.1, -0.05) is 36.4 Å². The quantitative estimate of drug-likeness (QED) is 0.840. The van der Waals surface area contributed by atoms with Gasteiger partial charge < -0.3 is 15.4 Å². The van der Waals surface area contributed by atoms with Crippen LogP contribution in [0.25, 0.3) is 0 Å². The van der Waals surface area contributed by atoms with E-state index in [4.69, 9.17) is 4.74 Å². The van der Waals surface area contributed by atoms with Crippen molar-refractivity contribution in [3.05, 3.63) is 65.2 Å². The minimum absolute atomic E-state index is 0.290. The molecule has 3 rings (SSSR count). The van der Waals surface area contributed by atoms with E-state index in [0.717, 1.165) is 18.4 Å². The number of carbonyl (C=O) groups is 2. The number of fused-ring (bicyclic) bond motifs is 1. The molecular formula is C20H22N2O3. The summed E-state index contributed by atoms with van der Waals surface area (Å²) in [6, 6.07) is 15.5. The molecule has 0 aliphatic heterocycles. The van der Waals surface area contributed by atoms with Crippen LogP contribution in [0, 0.1) is 6.92 Å². The van der Waals surface area contributed by atoms with Crippen LogP contribution in [0.3, 0.4) is 0 Å². The first-order valence-corrected chi connectivity index (χ1v) is 8.29. The molecule has 2 aromatic carbocycles. The van der Waals surface area contributed by atoms with Crippen LogP contribution in [-0.4, -0.2) is 31.1 Å². The van der Waals surface area contributed by atoms with Gasteiger partial charge in [-0.2, -0.15) is 0 Å². The Labute approximate surface area is 147 Å². The van der Waals surface area contributed by atoms with Crippen LogP contribution in [0.15, 0.2) is 48.5 Å². The van der Waals surface area contributed by atoms with Gasteiger partial charge in [0.25, 0.3) is 0 Å². The van der Waals surface area contributed by atoms with Crippen molar-refractivity contribution in [2.45, 2.75) is 25.4 Å². The molecule has 2 aromatic rings. The maximum Gasteiger partial charge on any atom is 0.313 e. The zero-order valence-electron chi connectivity index (χ0n) is 14.5. The van der Waals surface area contributed by atoms with Gasteiger partial charge in [-0.15, -0.1) is 0 Å². The Morgan fingerprint density at radius 2 is 1.72 bits per heavy atom. The lowest BCUT2D eigenvalue weighted by molar-refractivity contribution is -0.137. The molecule has 0 aromatic heterocycles. The van der Waals surface area contributed by atoms with Crippen LogP contribution in [0.1, 0.15) is 16.7 Å². The van der Waals surface area contributed by atoms with Crippen LogP contribution in [0.5, 0.6) is 0 Å². The van der Waals surface area contributed by atoms with Gasteiger partial charge in [0.05, 0.1) is 5.60 Å². The van der Waals surface area contributed by atoms with Gasteiger partial charge in [0, 0.05) is 32.2 Å². The molecule has 0 heterocycles. The number of methoxy groups -OCH3 is 1. The summed E-state index contributed by atoms with van der Waals surface area (Å²) in [5, 5.41) is 5.32. The summed E-state index contributed by atoms with van der Waals surface area (Å²) in [5.41, 5.74) is 3.57. The molecule has 5 heteroatoms. The van der Waals surface area contributed by atoms with E-state index in [0.29, 0.717) is 5.69 Å². The normalized spacial score (nSPS) is 14.6. The third kappa shape index (κ3) is 3.88. The van der Waals surface area contributed by atoms with E-state index in [9.17, 15) is 9.59 Å². The van der Waals surface area contributed by atoms with Gasteiger partial charge in [0.2, 0.25) is 0 Å². The number of ether oxygens (including phenoxy) is 1. The average molecular weight is 338 g/mol. The van der Waals surface area contributed by atoms with Crippen LogP contribution in [0.2, 0.25) is 0 Å². The van der Waals surface area contributed by atoms with E-state index < -0.39 is 17.4 Å². The van der Waals surface area contributed by atoms with Crippen molar-refractivity contribution >= 4 is 17.5 Å². The Balaban J connectivity index is 1.59. The molecule has 0 spiro atoms. The Bertz CT molecular complexity index is 776. The molecule has 1 aliphatic rings. The minimum atomic E-state index is -0.674. The van der Waals surface area contributed by atoms with Crippen LogP contribution < -0.4 is 10.6 Å². The summed E-state index contributed by atoms with van der Waals surface area (Å²) in [4.78, 5) is 24.2. The number of amides is 2. The van der Waals surface area contributed by atoms with E-state index >= 15 is 0 Å². The maximum atomic E-state index is 12.1. The van der Waals surface area contributed by atoms with E-state index in [1.807, 2.05) is 37.3 Å². The zero-order chi connectivity index (χ0) is 17.9. The highest BCUT2D eigenvalue weighted by atomic mass is 16.5. The molecular weight excluding hydrogens is 316 g/mol. The fraction of sp³-hybridized carbons (Fsp3) is 0.300. The summed E-state index contributed by atoms with van der Waals surface area (Å²) in [5.74, 6) is -1.33. The highest BCUT2D eigenvalue weighted by molar-refractivity contribution is 6.39. The predicted octanol–water partition coefficient (Wildman–Crippen LogP) is 2.23. The van der Waals surface area contributed by atoms with E-state index in [1.54, 1.807) is 13.2 Å². The molecule has 0 radical (unpaired) electrons. The van der Waals surface area contributed by atoms with Crippen LogP contribution in [-0.2, 0) is 27.2 Å². The van der Waals surface area contributed by atoms with E-state index in [1.165, 1.54) is 11.1 Å². The SMILES string of the molecule is COC1(CNC(=O)C(=O)Nc2cccc(C)c2)Cc2ccccc2C1. The van der Waals surface area contributed by atoms with Crippen molar-refractivity contribution in [3.63, 3.8) is 0 Å². The lowest BCUT2D eigenvalue weighted by Crippen LogP contribution is -2.48. The van der Waals surface area contributed by atoms with Crippen LogP contribution >= 0.6 is 0 Å². The summed E-state index contributed by atoms with van der Waals surface area (Å²) in [7, 11) is 1.64. The average Bonchev–Trinajstić information content (AvgIpc) is 2.99. The maximum absolute atomic E-state index is 12.1. The van der Waals surface area contributed by atoms with E-state index in [-0.39, 0.29) is 6.54 Å². The lowest BCUT2D eigenvalue weighted by Gasteiger charge is -2.27. The van der Waals surface area contributed by atoms with Gasteiger partial charge in [0.15, 0.2) is 0 Å². The number of nitrogens with one attached hydrogen (secondary N) is 2. The van der Waals surface area contributed by atoms with Crippen molar-refractivity contribution in [1.29, 1.82) is 0 Å². The second-order valence-electron chi connectivity index (χ2n) is 6.52. The first-order chi connectivity index (χ1) is 12.0. The summed E-state index contributed by atoms with van der Waals surface area (Å²) in [6.45, 7) is 2.22. The molecule has 25 heavy (non-hydrogen) atoms. The number of rotatable bonds is 4. The van der Waals surface area contributed by atoms with Gasteiger partial charge in [-0.25, -0.2) is 0 Å². The van der Waals surface area contributed by atoms with Gasteiger partial charge in [-0.05, 0) is 35.7 Å². The first-order valence-electron chi connectivity index (χ1n) is 8.29. The largest absolute Gasteiger partial charge is 0.376 e. The summed E-state index contributed by atoms with van der Waals surface area (Å²) >= 11 is 0. The molecule has 0 bridgehead atoms. The standard InChI is InChI=1S/C20H22N2O3/c1-14-6-5-9-17(10-14)22-19(24)18(23)21-13-20(25-2)11-15-7-3-4-8-16(15)12-20/h3-10H,11-13H2,1-2H3,(H,21,23)(H,22,24). The molecule has 1 aliphatic carbocycles. The van der Waals surface area contributed by atoms with E-state index in [2.05, 4.69) is 22.8 Å². The molecule has 2 N–H and O–H groups in total. The number of carbonyl (C=O) groups excluding carboxylic acids is 2. The molecule has 0 atom stereocenters. The molecule has 2 amide bonds. The predicted molar refractivity (Wildman–Crippen MR) is 96.4 cm³/mol. The van der Waals surface area contributed by atoms with Gasteiger partial charge in [-0.3, -0.25) is 9.59 Å². The fourth-order valence-electron chi connectivity index (χ4n) is 3.23. The smallest absolute Gasteiger partial charge is 0.313 e. The van der Waals surface area contributed by atoms with Crippen molar-refractivity contribution in [1.82, 2.24) is 5.32 Å². The topological polar surface area (TPSA) is 67.4 Å². The Hall–Kier alpha value is -2.66. The fourth-order valence-corrected chi connectivity index (χ4v) is 3.23. The van der Waals surface area contributed by atoms with Crippen molar-refractivity contribution in [3.8, 4) is 0 Å². The highest BCUT2D eigenvalue weighted by Gasteiger charge is 2.37. The monoisotopic (exact) mass is 338 g/mol. The summed E-state index contributed by atoms with van der Waals surface area (Å²) < 4.78 is 5.70. The molecule has 130 valence electrons. The molecule has 0 saturated heterocycles. The van der Waals surface area contributed by atoms with Gasteiger partial charge >= 0.3 is 11.8 Å². The summed E-state index contributed by atoms with van der Waals surface area (Å²) in [6.07, 6.45) is 1.44. The second kappa shape index (κ2) is 7.07. The molecule has 0 saturated carbocycles. The Morgan fingerprint density at radius 1 is 1.04 bits per heavy atom. The third-order valence-electron chi connectivity index (χ3n) is 4.63. The Kier molecular flexibility index (Phi) is 4.86. The number of hydrogen-bond acceptors (Lipinski definition) is 3. The number of aryl methyl sites for hydroxylation is 1. The van der Waals surface area contributed by atoms with Crippen LogP contribution in [0.4, 0.5) is 5.69 Å². The Morgan fingerprint density at radius 3 is 2.32 bits per heavy atom. The number of benzene rings is 2. The second-order valence-corrected chi connectivity index (χ2v) is 6.52. The first kappa shape index (κ1) is 17.2. The zero-order valence-corrected chi connectivity index (χ0v) is 14.5. The molecule has 0 unspecified atom stereocenters.